The third-order valence-electron chi connectivity index (χ3n) is 9.61. The van der Waals surface area contributed by atoms with Crippen LogP contribution in [-0.4, -0.2) is 55.2 Å². The normalized spacial score (nSPS) is 11.8. The van der Waals surface area contributed by atoms with E-state index in [9.17, 15) is 26.3 Å². The fourth-order valence-electron chi connectivity index (χ4n) is 6.07. The average Bonchev–Trinajstić information content (AvgIpc) is 3.79. The Labute approximate surface area is 335 Å². The Kier molecular flexibility index (Phi) is 15.2. The van der Waals surface area contributed by atoms with Crippen molar-refractivity contribution < 1.29 is 35.8 Å². The van der Waals surface area contributed by atoms with Crippen molar-refractivity contribution in [3.8, 4) is 11.5 Å². The number of alkyl halides is 6. The first-order chi connectivity index (χ1) is 27.7. The molecule has 0 saturated carbocycles. The number of ether oxygens (including phenoxy) is 2. The van der Waals surface area contributed by atoms with E-state index in [1.165, 1.54) is 46.5 Å². The van der Waals surface area contributed by atoms with Gasteiger partial charge in [-0.25, -0.2) is 9.97 Å². The standard InChI is InChI=1S/2C22H24F3N3O/c1-17-5-3-4-6-18(17)14-28(15-20-13-26-16-27(20)2)11-12-29-21-9-7-19(8-10-21)22(23,24)25;1-17-5-3-4-6-18(17)15-28(16-21-26-11-12-27(21)2)13-14-29-20-9-7-19(8-10-20)22(23,24)25/h3-10,13,16H,11-12,14-15H2,1-2H3;3-12H,13-16H2,1-2H3. The summed E-state index contributed by atoms with van der Waals surface area (Å²) in [5, 5.41) is 0. The average molecular weight is 807 g/mol. The van der Waals surface area contributed by atoms with Gasteiger partial charge in [-0.05, 0) is 84.6 Å². The second kappa shape index (κ2) is 20.2. The lowest BCUT2D eigenvalue weighted by Gasteiger charge is -2.23. The second-order valence-electron chi connectivity index (χ2n) is 14.0. The van der Waals surface area contributed by atoms with Gasteiger partial charge < -0.3 is 18.6 Å². The maximum absolute atomic E-state index is 12.7. The van der Waals surface area contributed by atoms with Crippen molar-refractivity contribution >= 4 is 0 Å². The molecule has 0 radical (unpaired) electrons. The van der Waals surface area contributed by atoms with Crippen molar-refractivity contribution in [3.63, 3.8) is 0 Å². The van der Waals surface area contributed by atoms with Crippen LogP contribution in [0, 0.1) is 13.8 Å². The molecular formula is C44H48F6N6O2. The zero-order chi connectivity index (χ0) is 41.7. The lowest BCUT2D eigenvalue weighted by molar-refractivity contribution is -0.138. The molecule has 0 unspecified atom stereocenters. The van der Waals surface area contributed by atoms with Gasteiger partial charge in [-0.1, -0.05) is 48.5 Å². The summed E-state index contributed by atoms with van der Waals surface area (Å²) in [6.45, 7) is 8.95. The van der Waals surface area contributed by atoms with E-state index in [1.54, 1.807) is 12.5 Å². The minimum atomic E-state index is -4.34. The van der Waals surface area contributed by atoms with E-state index in [1.807, 2.05) is 59.9 Å². The van der Waals surface area contributed by atoms with Crippen LogP contribution in [0.25, 0.3) is 0 Å². The van der Waals surface area contributed by atoms with Crippen LogP contribution in [-0.2, 0) is 52.6 Å². The van der Waals surface area contributed by atoms with Gasteiger partial charge in [0, 0.05) is 65.4 Å². The molecule has 0 saturated heterocycles. The Hall–Kier alpha value is -5.60. The first-order valence-electron chi connectivity index (χ1n) is 18.7. The van der Waals surface area contributed by atoms with E-state index >= 15 is 0 Å². The predicted molar refractivity (Wildman–Crippen MR) is 211 cm³/mol. The van der Waals surface area contributed by atoms with Crippen LogP contribution in [0.2, 0.25) is 0 Å². The SMILES string of the molecule is Cc1ccccc1CN(CCOc1ccc(C(F)(F)F)cc1)Cc1cncn1C.Cc1ccccc1CN(CCOc1ccc(C(F)(F)F)cc1)Cc1nccn1C. The topological polar surface area (TPSA) is 60.6 Å². The largest absolute Gasteiger partial charge is 0.492 e. The van der Waals surface area contributed by atoms with Crippen molar-refractivity contribution in [1.82, 2.24) is 28.9 Å². The molecule has 0 aliphatic rings. The molecule has 58 heavy (non-hydrogen) atoms. The highest BCUT2D eigenvalue weighted by Crippen LogP contribution is 2.31. The van der Waals surface area contributed by atoms with Gasteiger partial charge in [0.05, 0.1) is 29.7 Å². The third-order valence-corrected chi connectivity index (χ3v) is 9.61. The molecule has 0 bridgehead atoms. The number of hydrogen-bond acceptors (Lipinski definition) is 6. The summed E-state index contributed by atoms with van der Waals surface area (Å²) in [6, 6.07) is 26.0. The third kappa shape index (κ3) is 13.2. The monoisotopic (exact) mass is 806 g/mol. The van der Waals surface area contributed by atoms with Gasteiger partial charge in [-0.15, -0.1) is 0 Å². The van der Waals surface area contributed by atoms with Crippen LogP contribution < -0.4 is 9.47 Å². The molecule has 6 rings (SSSR count). The summed E-state index contributed by atoms with van der Waals surface area (Å²) in [5.74, 6) is 1.79. The number of aromatic nitrogens is 4. The quantitative estimate of drug-likeness (QED) is 0.0909. The molecular weight excluding hydrogens is 759 g/mol. The van der Waals surface area contributed by atoms with Crippen LogP contribution in [0.1, 0.15) is 44.9 Å². The van der Waals surface area contributed by atoms with E-state index in [0.717, 1.165) is 48.9 Å². The number of aryl methyl sites for hydroxylation is 4. The van der Waals surface area contributed by atoms with Crippen molar-refractivity contribution in [2.75, 3.05) is 26.3 Å². The summed E-state index contributed by atoms with van der Waals surface area (Å²) in [4.78, 5) is 13.0. The van der Waals surface area contributed by atoms with Crippen molar-refractivity contribution in [3.05, 3.63) is 167 Å². The Balaban J connectivity index is 0.000000221. The number of imidazole rings is 2. The van der Waals surface area contributed by atoms with Gasteiger partial charge in [0.25, 0.3) is 0 Å². The molecule has 6 aromatic rings. The second-order valence-corrected chi connectivity index (χ2v) is 14.0. The minimum Gasteiger partial charge on any atom is -0.492 e. The Bertz CT molecular complexity index is 1990. The van der Waals surface area contributed by atoms with E-state index in [4.69, 9.17) is 9.47 Å². The lowest BCUT2D eigenvalue weighted by Crippen LogP contribution is -2.29. The number of halogens is 6. The van der Waals surface area contributed by atoms with Crippen molar-refractivity contribution in [2.24, 2.45) is 14.1 Å². The van der Waals surface area contributed by atoms with E-state index in [-0.39, 0.29) is 0 Å². The van der Waals surface area contributed by atoms with Gasteiger partial charge in [0.2, 0.25) is 0 Å². The zero-order valence-electron chi connectivity index (χ0n) is 33.0. The summed E-state index contributed by atoms with van der Waals surface area (Å²) >= 11 is 0. The molecule has 0 aliphatic heterocycles. The Morgan fingerprint density at radius 3 is 1.45 bits per heavy atom. The molecule has 0 amide bonds. The summed E-state index contributed by atoms with van der Waals surface area (Å²) in [5.41, 5.74) is 4.59. The molecule has 2 heterocycles. The van der Waals surface area contributed by atoms with E-state index in [2.05, 4.69) is 57.9 Å². The number of nitrogens with zero attached hydrogens (tertiary/aromatic N) is 6. The van der Waals surface area contributed by atoms with Gasteiger partial charge in [-0.3, -0.25) is 9.80 Å². The van der Waals surface area contributed by atoms with Crippen molar-refractivity contribution in [2.45, 2.75) is 52.4 Å². The maximum Gasteiger partial charge on any atom is 0.416 e. The summed E-state index contributed by atoms with van der Waals surface area (Å²) in [6.07, 6.45) is -1.42. The molecule has 4 aromatic carbocycles. The Morgan fingerprint density at radius 1 is 0.586 bits per heavy atom. The molecule has 0 aliphatic carbocycles. The van der Waals surface area contributed by atoms with Gasteiger partial charge in [-0.2, -0.15) is 26.3 Å². The molecule has 0 atom stereocenters. The fraction of sp³-hybridized carbons (Fsp3) is 0.318. The molecule has 2 aromatic heterocycles. The van der Waals surface area contributed by atoms with Gasteiger partial charge in [0.15, 0.2) is 0 Å². The predicted octanol–water partition coefficient (Wildman–Crippen LogP) is 9.66. The highest BCUT2D eigenvalue weighted by Gasteiger charge is 2.31. The van der Waals surface area contributed by atoms with Crippen LogP contribution in [0.4, 0.5) is 26.3 Å². The lowest BCUT2D eigenvalue weighted by atomic mass is 10.1. The van der Waals surface area contributed by atoms with Gasteiger partial charge in [0.1, 0.15) is 30.5 Å². The van der Waals surface area contributed by atoms with Crippen LogP contribution in [0.15, 0.2) is 122 Å². The number of benzene rings is 4. The first-order valence-corrected chi connectivity index (χ1v) is 18.7. The smallest absolute Gasteiger partial charge is 0.416 e. The molecule has 0 fully saturated rings. The molecule has 0 spiro atoms. The maximum atomic E-state index is 12.7. The zero-order valence-corrected chi connectivity index (χ0v) is 33.0. The first kappa shape index (κ1) is 43.5. The highest BCUT2D eigenvalue weighted by atomic mass is 19.4. The molecule has 308 valence electrons. The van der Waals surface area contributed by atoms with Crippen LogP contribution in [0.3, 0.4) is 0 Å². The van der Waals surface area contributed by atoms with Crippen LogP contribution in [0.5, 0.6) is 11.5 Å². The van der Waals surface area contributed by atoms with Crippen LogP contribution >= 0.6 is 0 Å². The number of rotatable bonds is 16. The highest BCUT2D eigenvalue weighted by molar-refractivity contribution is 5.30. The minimum absolute atomic E-state index is 0.363. The molecule has 14 heteroatoms. The molecule has 0 N–H and O–H groups in total. The van der Waals surface area contributed by atoms with Gasteiger partial charge >= 0.3 is 12.4 Å². The molecule has 8 nitrogen and oxygen atoms in total. The Morgan fingerprint density at radius 2 is 1.05 bits per heavy atom. The number of hydrogen-bond donors (Lipinski definition) is 0. The fourth-order valence-corrected chi connectivity index (χ4v) is 6.07. The van der Waals surface area contributed by atoms with E-state index < -0.39 is 23.5 Å². The summed E-state index contributed by atoms with van der Waals surface area (Å²) in [7, 11) is 3.90. The van der Waals surface area contributed by atoms with Crippen molar-refractivity contribution in [1.29, 1.82) is 0 Å². The summed E-state index contributed by atoms with van der Waals surface area (Å²) < 4.78 is 91.4. The van der Waals surface area contributed by atoms with E-state index in [0.29, 0.717) is 50.9 Å².